The van der Waals surface area contributed by atoms with E-state index < -0.39 is 0 Å². The normalized spacial score (nSPS) is 18.0. The molecule has 1 aliphatic rings. The van der Waals surface area contributed by atoms with Gasteiger partial charge in [0, 0.05) is 30.7 Å². The van der Waals surface area contributed by atoms with Gasteiger partial charge in [-0.1, -0.05) is 13.8 Å². The Morgan fingerprint density at radius 2 is 2.30 bits per heavy atom. The minimum Gasteiger partial charge on any atom is -0.357 e. The minimum atomic E-state index is 0. The molecule has 0 amide bonds. The van der Waals surface area contributed by atoms with Gasteiger partial charge in [-0.05, 0) is 25.7 Å². The number of thiazole rings is 1. The van der Waals surface area contributed by atoms with Gasteiger partial charge in [0.15, 0.2) is 5.96 Å². The molecule has 114 valence electrons. The maximum Gasteiger partial charge on any atom is 0.194 e. The highest BCUT2D eigenvalue weighted by Gasteiger charge is 2.30. The minimum absolute atomic E-state index is 0. The summed E-state index contributed by atoms with van der Waals surface area (Å²) in [6.45, 7) is 12.6. The molecule has 2 rings (SSSR count). The quantitative estimate of drug-likeness (QED) is 0.474. The molecule has 1 aromatic rings. The van der Waals surface area contributed by atoms with Crippen molar-refractivity contribution in [3.63, 3.8) is 0 Å². The Bertz CT molecular complexity index is 456. The average Bonchev–Trinajstić information content (AvgIpc) is 2.91. The SMILES string of the molecule is CCNC(=NCc1ncc(C)s1)N1CCC(C)(C)C1.I. The lowest BCUT2D eigenvalue weighted by Crippen LogP contribution is -2.40. The Kier molecular flexibility index (Phi) is 6.71. The third-order valence-corrected chi connectivity index (χ3v) is 4.24. The van der Waals surface area contributed by atoms with Gasteiger partial charge in [0.05, 0.1) is 6.54 Å². The second-order valence-electron chi connectivity index (χ2n) is 5.87. The van der Waals surface area contributed by atoms with E-state index in [1.165, 1.54) is 11.3 Å². The molecular formula is C14H25IN4S. The second kappa shape index (κ2) is 7.59. The van der Waals surface area contributed by atoms with E-state index in [9.17, 15) is 0 Å². The summed E-state index contributed by atoms with van der Waals surface area (Å²) in [5, 5.41) is 4.48. The zero-order valence-electron chi connectivity index (χ0n) is 12.8. The van der Waals surface area contributed by atoms with Crippen molar-refractivity contribution in [2.75, 3.05) is 19.6 Å². The highest BCUT2D eigenvalue weighted by Crippen LogP contribution is 2.28. The number of aromatic nitrogens is 1. The Labute approximate surface area is 143 Å². The summed E-state index contributed by atoms with van der Waals surface area (Å²) in [4.78, 5) is 12.7. The van der Waals surface area contributed by atoms with Gasteiger partial charge in [0.2, 0.25) is 0 Å². The maximum absolute atomic E-state index is 4.72. The molecule has 0 unspecified atom stereocenters. The van der Waals surface area contributed by atoms with E-state index in [1.807, 2.05) is 6.20 Å². The molecular weight excluding hydrogens is 383 g/mol. The Morgan fingerprint density at radius 3 is 2.80 bits per heavy atom. The first-order chi connectivity index (χ1) is 9.00. The molecule has 0 aromatic carbocycles. The highest BCUT2D eigenvalue weighted by molar-refractivity contribution is 14.0. The van der Waals surface area contributed by atoms with Gasteiger partial charge in [-0.2, -0.15) is 0 Å². The predicted octanol–water partition coefficient (Wildman–Crippen LogP) is 3.27. The van der Waals surface area contributed by atoms with Gasteiger partial charge >= 0.3 is 0 Å². The largest absolute Gasteiger partial charge is 0.357 e. The molecule has 0 saturated carbocycles. The van der Waals surface area contributed by atoms with Crippen LogP contribution in [-0.2, 0) is 6.54 Å². The van der Waals surface area contributed by atoms with Gasteiger partial charge in [0.25, 0.3) is 0 Å². The van der Waals surface area contributed by atoms with E-state index in [0.29, 0.717) is 12.0 Å². The molecule has 1 aliphatic heterocycles. The molecule has 1 saturated heterocycles. The van der Waals surface area contributed by atoms with Crippen molar-refractivity contribution in [3.05, 3.63) is 16.1 Å². The summed E-state index contributed by atoms with van der Waals surface area (Å²) < 4.78 is 0. The van der Waals surface area contributed by atoms with Crippen LogP contribution in [0, 0.1) is 12.3 Å². The monoisotopic (exact) mass is 408 g/mol. The van der Waals surface area contributed by atoms with E-state index in [-0.39, 0.29) is 24.0 Å². The third-order valence-electron chi connectivity index (χ3n) is 3.35. The molecule has 0 bridgehead atoms. The standard InChI is InChI=1S/C14H24N4S.HI/c1-5-15-13(18-7-6-14(3,4)10-18)17-9-12-16-8-11(2)19-12;/h8H,5-7,9-10H2,1-4H3,(H,15,17);1H. The van der Waals surface area contributed by atoms with Crippen LogP contribution < -0.4 is 5.32 Å². The summed E-state index contributed by atoms with van der Waals surface area (Å²) in [5.74, 6) is 1.03. The smallest absolute Gasteiger partial charge is 0.194 e. The van der Waals surface area contributed by atoms with Gasteiger partial charge in [-0.3, -0.25) is 0 Å². The van der Waals surface area contributed by atoms with E-state index in [1.54, 1.807) is 11.3 Å². The summed E-state index contributed by atoms with van der Waals surface area (Å²) in [5.41, 5.74) is 0.397. The first-order valence-corrected chi connectivity index (χ1v) is 7.76. The molecule has 0 spiro atoms. The van der Waals surface area contributed by atoms with Crippen LogP contribution in [0.5, 0.6) is 0 Å². The summed E-state index contributed by atoms with van der Waals surface area (Å²) in [6.07, 6.45) is 3.15. The van der Waals surface area contributed by atoms with Crippen LogP contribution in [0.1, 0.15) is 37.1 Å². The van der Waals surface area contributed by atoms with Crippen LogP contribution in [0.25, 0.3) is 0 Å². The van der Waals surface area contributed by atoms with Crippen molar-refractivity contribution in [2.45, 2.75) is 40.7 Å². The molecule has 4 nitrogen and oxygen atoms in total. The fraction of sp³-hybridized carbons (Fsp3) is 0.714. The van der Waals surface area contributed by atoms with Crippen molar-refractivity contribution in [3.8, 4) is 0 Å². The topological polar surface area (TPSA) is 40.5 Å². The number of halogens is 1. The van der Waals surface area contributed by atoms with Crippen molar-refractivity contribution < 1.29 is 0 Å². The maximum atomic E-state index is 4.72. The van der Waals surface area contributed by atoms with Crippen LogP contribution in [0.3, 0.4) is 0 Å². The van der Waals surface area contributed by atoms with Crippen LogP contribution in [0.15, 0.2) is 11.2 Å². The van der Waals surface area contributed by atoms with Crippen molar-refractivity contribution in [1.82, 2.24) is 15.2 Å². The first-order valence-electron chi connectivity index (χ1n) is 6.95. The van der Waals surface area contributed by atoms with Crippen molar-refractivity contribution in [1.29, 1.82) is 0 Å². The zero-order valence-corrected chi connectivity index (χ0v) is 15.9. The first kappa shape index (κ1) is 17.7. The van der Waals surface area contributed by atoms with Gasteiger partial charge < -0.3 is 10.2 Å². The average molecular weight is 408 g/mol. The number of aliphatic imine (C=N–C) groups is 1. The van der Waals surface area contributed by atoms with Crippen LogP contribution in [0.4, 0.5) is 0 Å². The lowest BCUT2D eigenvalue weighted by Gasteiger charge is -2.23. The predicted molar refractivity (Wildman–Crippen MR) is 97.1 cm³/mol. The molecule has 6 heteroatoms. The number of nitrogens with zero attached hydrogens (tertiary/aromatic N) is 3. The second-order valence-corrected chi connectivity index (χ2v) is 7.19. The fourth-order valence-corrected chi connectivity index (χ4v) is 3.05. The molecule has 1 aromatic heterocycles. The van der Waals surface area contributed by atoms with Gasteiger partial charge in [-0.25, -0.2) is 9.98 Å². The van der Waals surface area contributed by atoms with E-state index in [2.05, 4.69) is 42.9 Å². The van der Waals surface area contributed by atoms with E-state index in [0.717, 1.165) is 30.6 Å². The number of likely N-dealkylation sites (tertiary alicyclic amines) is 1. The van der Waals surface area contributed by atoms with Crippen LogP contribution in [0.2, 0.25) is 0 Å². The number of nitrogens with one attached hydrogen (secondary N) is 1. The number of hydrogen-bond donors (Lipinski definition) is 1. The van der Waals surface area contributed by atoms with Crippen LogP contribution in [-0.4, -0.2) is 35.5 Å². The fourth-order valence-electron chi connectivity index (χ4n) is 2.34. The number of guanidine groups is 1. The number of rotatable bonds is 3. The molecule has 0 atom stereocenters. The Morgan fingerprint density at radius 1 is 1.55 bits per heavy atom. The molecule has 0 aliphatic carbocycles. The molecule has 2 heterocycles. The lowest BCUT2D eigenvalue weighted by molar-refractivity contribution is 0.370. The summed E-state index contributed by atoms with van der Waals surface area (Å²) >= 11 is 1.73. The molecule has 1 N–H and O–H groups in total. The van der Waals surface area contributed by atoms with E-state index >= 15 is 0 Å². The molecule has 20 heavy (non-hydrogen) atoms. The van der Waals surface area contributed by atoms with Gasteiger partial charge in [-0.15, -0.1) is 35.3 Å². The van der Waals surface area contributed by atoms with Gasteiger partial charge in [0.1, 0.15) is 5.01 Å². The zero-order chi connectivity index (χ0) is 13.9. The van der Waals surface area contributed by atoms with E-state index in [4.69, 9.17) is 4.99 Å². The number of hydrogen-bond acceptors (Lipinski definition) is 3. The molecule has 0 radical (unpaired) electrons. The van der Waals surface area contributed by atoms with Crippen molar-refractivity contribution >= 4 is 41.3 Å². The Hall–Kier alpha value is -0.370. The Balaban J connectivity index is 0.00000200. The summed E-state index contributed by atoms with van der Waals surface area (Å²) in [7, 11) is 0. The van der Waals surface area contributed by atoms with Crippen LogP contribution >= 0.6 is 35.3 Å². The number of aryl methyl sites for hydroxylation is 1. The molecule has 1 fully saturated rings. The summed E-state index contributed by atoms with van der Waals surface area (Å²) in [6, 6.07) is 0. The highest BCUT2D eigenvalue weighted by atomic mass is 127. The lowest BCUT2D eigenvalue weighted by atomic mass is 9.93. The third kappa shape index (κ3) is 4.87. The van der Waals surface area contributed by atoms with Crippen molar-refractivity contribution in [2.24, 2.45) is 10.4 Å².